The number of nitrogens with one attached hydrogen (secondary N) is 1. The minimum atomic E-state index is -1.10. The van der Waals surface area contributed by atoms with Gasteiger partial charge in [0.1, 0.15) is 11.4 Å². The van der Waals surface area contributed by atoms with Crippen LogP contribution in [0.2, 0.25) is 5.02 Å². The van der Waals surface area contributed by atoms with Crippen LogP contribution in [0.15, 0.2) is 48.5 Å². The minimum absolute atomic E-state index is 0.361. The van der Waals surface area contributed by atoms with E-state index in [2.05, 4.69) is 5.32 Å². The first kappa shape index (κ1) is 15.3. The fraction of sp³-hybridized carbons (Fsp3) is 0.188. The number of rotatable bonds is 5. The molecule has 1 atom stereocenters. The fourth-order valence-electron chi connectivity index (χ4n) is 2.26. The van der Waals surface area contributed by atoms with E-state index in [-0.39, 0.29) is 5.82 Å². The number of nitrogens with two attached hydrogens (primary N) is 1. The van der Waals surface area contributed by atoms with Crippen LogP contribution in [0.1, 0.15) is 18.9 Å². The van der Waals surface area contributed by atoms with Crippen molar-refractivity contribution in [3.63, 3.8) is 0 Å². The van der Waals surface area contributed by atoms with Gasteiger partial charge in [-0.15, -0.1) is 0 Å². The second-order valence-corrected chi connectivity index (χ2v) is 5.20. The van der Waals surface area contributed by atoms with Gasteiger partial charge in [0.15, 0.2) is 0 Å². The van der Waals surface area contributed by atoms with Gasteiger partial charge in [-0.25, -0.2) is 4.39 Å². The topological polar surface area (TPSA) is 55.1 Å². The highest BCUT2D eigenvalue weighted by molar-refractivity contribution is 6.30. The molecule has 0 saturated carbocycles. The van der Waals surface area contributed by atoms with Gasteiger partial charge in [0.25, 0.3) is 0 Å². The Hall–Kier alpha value is -2.07. The molecule has 1 unspecified atom stereocenters. The van der Waals surface area contributed by atoms with Crippen molar-refractivity contribution >= 4 is 23.2 Å². The largest absolute Gasteiger partial charge is 0.368 e. The lowest BCUT2D eigenvalue weighted by Gasteiger charge is -2.32. The van der Waals surface area contributed by atoms with Crippen LogP contribution < -0.4 is 11.1 Å². The first-order chi connectivity index (χ1) is 9.98. The number of benzene rings is 2. The summed E-state index contributed by atoms with van der Waals surface area (Å²) in [6, 6.07) is 12.7. The second-order valence-electron chi connectivity index (χ2n) is 4.76. The molecule has 21 heavy (non-hydrogen) atoms. The third-order valence-electron chi connectivity index (χ3n) is 3.49. The number of halogens is 2. The second kappa shape index (κ2) is 6.14. The van der Waals surface area contributed by atoms with Crippen LogP contribution in [-0.4, -0.2) is 5.91 Å². The van der Waals surface area contributed by atoms with Crippen LogP contribution in [0, 0.1) is 5.82 Å². The van der Waals surface area contributed by atoms with E-state index in [9.17, 15) is 9.18 Å². The smallest absolute Gasteiger partial charge is 0.247 e. The Balaban J connectivity index is 2.44. The Morgan fingerprint density at radius 2 is 1.76 bits per heavy atom. The fourth-order valence-corrected chi connectivity index (χ4v) is 2.38. The number of carbonyl (C=O) groups excluding carboxylic acids is 1. The molecule has 3 nitrogen and oxygen atoms in total. The summed E-state index contributed by atoms with van der Waals surface area (Å²) in [6.07, 6.45) is 0.427. The maximum absolute atomic E-state index is 13.1. The number of hydrogen-bond donors (Lipinski definition) is 2. The van der Waals surface area contributed by atoms with Gasteiger partial charge in [-0.3, -0.25) is 4.79 Å². The van der Waals surface area contributed by atoms with E-state index in [0.29, 0.717) is 22.7 Å². The minimum Gasteiger partial charge on any atom is -0.368 e. The third-order valence-corrected chi connectivity index (χ3v) is 3.74. The van der Waals surface area contributed by atoms with Crippen molar-refractivity contribution in [3.05, 3.63) is 64.9 Å². The van der Waals surface area contributed by atoms with Crippen molar-refractivity contribution in [1.82, 2.24) is 0 Å². The van der Waals surface area contributed by atoms with Gasteiger partial charge in [0.2, 0.25) is 5.91 Å². The summed E-state index contributed by atoms with van der Waals surface area (Å²) in [5.41, 5.74) is 5.84. The molecule has 0 aliphatic rings. The maximum atomic E-state index is 13.1. The average Bonchev–Trinajstić information content (AvgIpc) is 2.47. The van der Waals surface area contributed by atoms with Gasteiger partial charge >= 0.3 is 0 Å². The van der Waals surface area contributed by atoms with Gasteiger partial charge in [0, 0.05) is 10.7 Å². The lowest BCUT2D eigenvalue weighted by Crippen LogP contribution is -2.47. The average molecular weight is 307 g/mol. The molecule has 0 aromatic heterocycles. The molecule has 0 saturated heterocycles. The molecular weight excluding hydrogens is 291 g/mol. The van der Waals surface area contributed by atoms with Crippen LogP contribution >= 0.6 is 11.6 Å². The molecular formula is C16H16ClFN2O. The van der Waals surface area contributed by atoms with E-state index >= 15 is 0 Å². The number of primary amides is 1. The summed E-state index contributed by atoms with van der Waals surface area (Å²) < 4.78 is 13.1. The predicted octanol–water partition coefficient (Wildman–Crippen LogP) is 3.68. The summed E-state index contributed by atoms with van der Waals surface area (Å²) in [5.74, 6) is -0.883. The number of hydrogen-bond acceptors (Lipinski definition) is 2. The van der Waals surface area contributed by atoms with Crippen LogP contribution in [0.5, 0.6) is 0 Å². The maximum Gasteiger partial charge on any atom is 0.247 e. The molecule has 1 amide bonds. The molecule has 0 bridgehead atoms. The molecule has 0 radical (unpaired) electrons. The first-order valence-electron chi connectivity index (χ1n) is 6.57. The van der Waals surface area contributed by atoms with Crippen molar-refractivity contribution in [2.75, 3.05) is 5.32 Å². The predicted molar refractivity (Wildman–Crippen MR) is 82.6 cm³/mol. The number of carbonyl (C=O) groups is 1. The summed E-state index contributed by atoms with van der Waals surface area (Å²) >= 11 is 5.85. The molecule has 5 heteroatoms. The highest BCUT2D eigenvalue weighted by Crippen LogP contribution is 2.30. The molecule has 3 N–H and O–H groups in total. The first-order valence-corrected chi connectivity index (χ1v) is 6.95. The SMILES string of the molecule is CCC(Nc1ccc(Cl)cc1)(C(N)=O)c1ccc(F)cc1. The van der Waals surface area contributed by atoms with E-state index in [1.165, 1.54) is 12.1 Å². The van der Waals surface area contributed by atoms with E-state index in [1.54, 1.807) is 36.4 Å². The molecule has 110 valence electrons. The van der Waals surface area contributed by atoms with Crippen molar-refractivity contribution in [2.45, 2.75) is 18.9 Å². The highest BCUT2D eigenvalue weighted by Gasteiger charge is 2.36. The van der Waals surface area contributed by atoms with Crippen molar-refractivity contribution in [3.8, 4) is 0 Å². The van der Waals surface area contributed by atoms with Gasteiger partial charge in [-0.2, -0.15) is 0 Å². The quantitative estimate of drug-likeness (QED) is 0.885. The van der Waals surface area contributed by atoms with E-state index in [4.69, 9.17) is 17.3 Å². The molecule has 2 aromatic carbocycles. The Labute approximate surface area is 127 Å². The molecule has 0 fully saturated rings. The zero-order valence-electron chi connectivity index (χ0n) is 11.6. The van der Waals surface area contributed by atoms with E-state index < -0.39 is 11.4 Å². The number of amides is 1. The summed E-state index contributed by atoms with van der Waals surface area (Å²) in [5, 5.41) is 3.75. The molecule has 2 rings (SSSR count). The van der Waals surface area contributed by atoms with E-state index in [1.807, 2.05) is 6.92 Å². The standard InChI is InChI=1S/C16H16ClFN2O/c1-2-16(15(19)21,11-3-7-13(18)8-4-11)20-14-9-5-12(17)6-10-14/h3-10,20H,2H2,1H3,(H2,19,21). The van der Waals surface area contributed by atoms with Crippen LogP contribution in [-0.2, 0) is 10.3 Å². The van der Waals surface area contributed by atoms with Crippen LogP contribution in [0.3, 0.4) is 0 Å². The summed E-state index contributed by atoms with van der Waals surface area (Å²) in [7, 11) is 0. The van der Waals surface area contributed by atoms with Crippen molar-refractivity contribution < 1.29 is 9.18 Å². The van der Waals surface area contributed by atoms with Gasteiger partial charge in [-0.05, 0) is 48.4 Å². The normalized spacial score (nSPS) is 13.5. The Bertz CT molecular complexity index is 628. The zero-order valence-corrected chi connectivity index (χ0v) is 12.3. The van der Waals surface area contributed by atoms with Crippen LogP contribution in [0.25, 0.3) is 0 Å². The van der Waals surface area contributed by atoms with Gasteiger partial charge in [-0.1, -0.05) is 30.7 Å². The molecule has 0 aliphatic carbocycles. The van der Waals surface area contributed by atoms with Crippen molar-refractivity contribution in [1.29, 1.82) is 0 Å². The van der Waals surface area contributed by atoms with Crippen LogP contribution in [0.4, 0.5) is 10.1 Å². The third kappa shape index (κ3) is 3.16. The molecule has 0 spiro atoms. The Kier molecular flexibility index (Phi) is 4.48. The summed E-state index contributed by atoms with van der Waals surface area (Å²) in [6.45, 7) is 1.84. The zero-order chi connectivity index (χ0) is 15.5. The Morgan fingerprint density at radius 1 is 1.19 bits per heavy atom. The Morgan fingerprint density at radius 3 is 2.24 bits per heavy atom. The lowest BCUT2D eigenvalue weighted by atomic mass is 9.86. The van der Waals surface area contributed by atoms with Gasteiger partial charge < -0.3 is 11.1 Å². The molecule has 0 aliphatic heterocycles. The van der Waals surface area contributed by atoms with Gasteiger partial charge in [0.05, 0.1) is 0 Å². The molecule has 0 heterocycles. The molecule has 2 aromatic rings. The van der Waals surface area contributed by atoms with Crippen molar-refractivity contribution in [2.24, 2.45) is 5.73 Å². The number of anilines is 1. The van der Waals surface area contributed by atoms with E-state index in [0.717, 1.165) is 0 Å². The lowest BCUT2D eigenvalue weighted by molar-refractivity contribution is -0.122. The highest BCUT2D eigenvalue weighted by atomic mass is 35.5. The monoisotopic (exact) mass is 306 g/mol. The summed E-state index contributed by atoms with van der Waals surface area (Å²) in [4.78, 5) is 12.0.